The van der Waals surface area contributed by atoms with Crippen molar-refractivity contribution in [1.29, 1.82) is 0 Å². The molecule has 2 aromatic carbocycles. The van der Waals surface area contributed by atoms with E-state index >= 15 is 0 Å². The Balaban J connectivity index is 1.41. The van der Waals surface area contributed by atoms with Gasteiger partial charge in [-0.3, -0.25) is 14.7 Å². The quantitative estimate of drug-likeness (QED) is 0.352. The summed E-state index contributed by atoms with van der Waals surface area (Å²) in [5.74, 6) is -0.643. The largest absolute Gasteiger partial charge is 0.386 e. The van der Waals surface area contributed by atoms with Gasteiger partial charge in [0.2, 0.25) is 0 Å². The van der Waals surface area contributed by atoms with Gasteiger partial charge < -0.3 is 25.6 Å². The second-order valence-electron chi connectivity index (χ2n) is 9.42. The smallest absolute Gasteiger partial charge is 0.322 e. The van der Waals surface area contributed by atoms with E-state index in [-0.39, 0.29) is 23.4 Å². The molecule has 0 spiro atoms. The molecule has 0 unspecified atom stereocenters. The van der Waals surface area contributed by atoms with Crippen LogP contribution in [0.4, 0.5) is 26.2 Å². The number of ether oxygens (including phenoxy) is 1. The highest BCUT2D eigenvalue weighted by Gasteiger charge is 2.18. The van der Waals surface area contributed by atoms with Gasteiger partial charge in [0.05, 0.1) is 24.6 Å². The van der Waals surface area contributed by atoms with Crippen molar-refractivity contribution in [2.45, 2.75) is 19.9 Å². The minimum Gasteiger partial charge on any atom is -0.386 e. The van der Waals surface area contributed by atoms with Gasteiger partial charge in [-0.1, -0.05) is 18.2 Å². The maximum atomic E-state index is 13.7. The van der Waals surface area contributed by atoms with Gasteiger partial charge in [-0.05, 0) is 60.9 Å². The molecule has 4 rings (SSSR count). The first-order valence-electron chi connectivity index (χ1n) is 13.1. The number of urea groups is 1. The van der Waals surface area contributed by atoms with Crippen LogP contribution < -0.4 is 16.0 Å². The van der Waals surface area contributed by atoms with Crippen LogP contribution in [0, 0.1) is 12.7 Å². The van der Waals surface area contributed by atoms with Gasteiger partial charge in [0.25, 0.3) is 5.91 Å². The van der Waals surface area contributed by atoms with Crippen LogP contribution in [0.2, 0.25) is 0 Å². The zero-order valence-corrected chi connectivity index (χ0v) is 22.4. The molecule has 1 aliphatic heterocycles. The van der Waals surface area contributed by atoms with Gasteiger partial charge >= 0.3 is 6.03 Å². The Bertz CT molecular complexity index is 1260. The third-order valence-electron chi connectivity index (χ3n) is 6.58. The fourth-order valence-electron chi connectivity index (χ4n) is 4.36. The summed E-state index contributed by atoms with van der Waals surface area (Å²) in [6.07, 6.45) is 2.40. The molecule has 1 aromatic heterocycles. The molecular formula is C29H35FN6O3. The topological polar surface area (TPSA) is 98.8 Å². The molecule has 3 aromatic rings. The molecule has 1 saturated heterocycles. The van der Waals surface area contributed by atoms with Crippen LogP contribution in [0.1, 0.15) is 28.0 Å². The molecule has 3 N–H and O–H groups in total. The molecule has 39 heavy (non-hydrogen) atoms. The SMILES string of the molecule is CNc1ccccc1NC(=O)c1ccc(CN(CCCN2CCOCC2)C(=O)Nc2ccc(F)c(C)c2)cn1. The fourth-order valence-corrected chi connectivity index (χ4v) is 4.36. The van der Waals surface area contributed by atoms with E-state index < -0.39 is 0 Å². The lowest BCUT2D eigenvalue weighted by atomic mass is 10.2. The van der Waals surface area contributed by atoms with Crippen LogP contribution in [0.15, 0.2) is 60.8 Å². The zero-order valence-electron chi connectivity index (χ0n) is 22.4. The number of aromatic nitrogens is 1. The Morgan fingerprint density at radius 3 is 2.51 bits per heavy atom. The van der Waals surface area contributed by atoms with Crippen LogP contribution in [-0.4, -0.2) is 73.2 Å². The summed E-state index contributed by atoms with van der Waals surface area (Å²) in [4.78, 5) is 34.4. The second-order valence-corrected chi connectivity index (χ2v) is 9.42. The van der Waals surface area contributed by atoms with E-state index in [2.05, 4.69) is 25.8 Å². The number of benzene rings is 2. The predicted octanol–water partition coefficient (Wildman–Crippen LogP) is 4.58. The number of pyridine rings is 1. The lowest BCUT2D eigenvalue weighted by molar-refractivity contribution is 0.0365. The lowest BCUT2D eigenvalue weighted by Crippen LogP contribution is -2.40. The monoisotopic (exact) mass is 534 g/mol. The van der Waals surface area contributed by atoms with E-state index in [1.54, 1.807) is 49.3 Å². The summed E-state index contributed by atoms with van der Waals surface area (Å²) in [6.45, 7) is 6.56. The van der Waals surface area contributed by atoms with Crippen LogP contribution in [0.3, 0.4) is 0 Å². The molecule has 0 bridgehead atoms. The fraction of sp³-hybridized carbons (Fsp3) is 0.345. The molecule has 0 atom stereocenters. The van der Waals surface area contributed by atoms with Crippen molar-refractivity contribution in [1.82, 2.24) is 14.8 Å². The standard InChI is InChI=1S/C29H35FN6O3/c1-21-18-23(9-10-24(21)30)33-29(38)36(13-5-12-35-14-16-39-17-15-35)20-22-8-11-27(32-19-22)28(37)34-26-7-4-3-6-25(26)31-2/h3-4,6-11,18-19,31H,5,12-17,20H2,1-2H3,(H,33,38)(H,34,37). The number of nitrogens with one attached hydrogen (secondary N) is 3. The average molecular weight is 535 g/mol. The minimum atomic E-state index is -0.323. The predicted molar refractivity (Wildman–Crippen MR) is 151 cm³/mol. The van der Waals surface area contributed by atoms with Gasteiger partial charge in [-0.25, -0.2) is 9.18 Å². The maximum Gasteiger partial charge on any atom is 0.322 e. The van der Waals surface area contributed by atoms with E-state index in [0.717, 1.165) is 50.5 Å². The maximum absolute atomic E-state index is 13.7. The molecule has 3 amide bonds. The number of hydrogen-bond acceptors (Lipinski definition) is 6. The highest BCUT2D eigenvalue weighted by atomic mass is 19.1. The number of para-hydroxylation sites is 2. The van der Waals surface area contributed by atoms with Crippen molar-refractivity contribution in [3.8, 4) is 0 Å². The van der Waals surface area contributed by atoms with E-state index in [1.807, 2.05) is 24.3 Å². The number of morpholine rings is 1. The van der Waals surface area contributed by atoms with Gasteiger partial charge in [0, 0.05) is 51.7 Å². The number of carbonyl (C=O) groups excluding carboxylic acids is 2. The van der Waals surface area contributed by atoms with Crippen molar-refractivity contribution in [2.75, 3.05) is 62.4 Å². The summed E-state index contributed by atoms with van der Waals surface area (Å²) in [7, 11) is 1.79. The summed E-state index contributed by atoms with van der Waals surface area (Å²) < 4.78 is 19.1. The van der Waals surface area contributed by atoms with E-state index in [1.165, 1.54) is 6.07 Å². The van der Waals surface area contributed by atoms with Crippen molar-refractivity contribution >= 4 is 29.0 Å². The zero-order chi connectivity index (χ0) is 27.6. The lowest BCUT2D eigenvalue weighted by Gasteiger charge is -2.28. The Morgan fingerprint density at radius 2 is 1.82 bits per heavy atom. The molecule has 10 heteroatoms. The van der Waals surface area contributed by atoms with Crippen LogP contribution in [0.25, 0.3) is 0 Å². The number of hydrogen-bond donors (Lipinski definition) is 3. The molecule has 1 fully saturated rings. The van der Waals surface area contributed by atoms with Gasteiger partial charge in [-0.15, -0.1) is 0 Å². The Labute approximate surface area is 228 Å². The second kappa shape index (κ2) is 13.7. The van der Waals surface area contributed by atoms with E-state index in [9.17, 15) is 14.0 Å². The van der Waals surface area contributed by atoms with E-state index in [4.69, 9.17) is 4.74 Å². The Hall–Kier alpha value is -4.02. The third kappa shape index (κ3) is 7.98. The summed E-state index contributed by atoms with van der Waals surface area (Å²) in [6, 6.07) is 15.1. The molecular weight excluding hydrogens is 499 g/mol. The van der Waals surface area contributed by atoms with Gasteiger partial charge in [0.15, 0.2) is 0 Å². The molecule has 0 aliphatic carbocycles. The first-order valence-corrected chi connectivity index (χ1v) is 13.1. The van der Waals surface area contributed by atoms with Gasteiger partial charge in [-0.2, -0.15) is 0 Å². The third-order valence-corrected chi connectivity index (χ3v) is 6.58. The molecule has 0 radical (unpaired) electrons. The molecule has 2 heterocycles. The normalized spacial score (nSPS) is 13.5. The number of anilines is 3. The number of aryl methyl sites for hydroxylation is 1. The number of amides is 3. The highest BCUT2D eigenvalue weighted by Crippen LogP contribution is 2.21. The van der Waals surface area contributed by atoms with Crippen LogP contribution in [0.5, 0.6) is 0 Å². The Morgan fingerprint density at radius 1 is 1.05 bits per heavy atom. The molecule has 1 aliphatic rings. The minimum absolute atomic E-state index is 0.273. The Kier molecular flexibility index (Phi) is 9.82. The van der Waals surface area contributed by atoms with Crippen molar-refractivity contribution in [2.24, 2.45) is 0 Å². The molecule has 206 valence electrons. The first-order chi connectivity index (χ1) is 18.9. The number of halogens is 1. The van der Waals surface area contributed by atoms with Crippen LogP contribution in [-0.2, 0) is 11.3 Å². The summed E-state index contributed by atoms with van der Waals surface area (Å²) >= 11 is 0. The van der Waals surface area contributed by atoms with Crippen molar-refractivity contribution < 1.29 is 18.7 Å². The average Bonchev–Trinajstić information content (AvgIpc) is 2.95. The van der Waals surface area contributed by atoms with E-state index in [0.29, 0.717) is 30.0 Å². The van der Waals surface area contributed by atoms with Crippen molar-refractivity contribution in [3.63, 3.8) is 0 Å². The van der Waals surface area contributed by atoms with Gasteiger partial charge in [0.1, 0.15) is 11.5 Å². The van der Waals surface area contributed by atoms with Crippen molar-refractivity contribution in [3.05, 3.63) is 83.4 Å². The summed E-state index contributed by atoms with van der Waals surface area (Å²) in [5.41, 5.74) is 3.52. The number of rotatable bonds is 10. The molecule has 9 nitrogen and oxygen atoms in total. The molecule has 0 saturated carbocycles. The highest BCUT2D eigenvalue weighted by molar-refractivity contribution is 6.04. The first kappa shape index (κ1) is 28.0. The van der Waals surface area contributed by atoms with Crippen LogP contribution >= 0.6 is 0 Å². The number of nitrogens with zero attached hydrogens (tertiary/aromatic N) is 3. The summed E-state index contributed by atoms with van der Waals surface area (Å²) in [5, 5.41) is 8.80. The number of carbonyl (C=O) groups is 2.